The van der Waals surface area contributed by atoms with E-state index in [0.717, 1.165) is 21.8 Å². The van der Waals surface area contributed by atoms with E-state index in [0.29, 0.717) is 22.1 Å². The molecule has 1 amide bonds. The van der Waals surface area contributed by atoms with Gasteiger partial charge in [-0.15, -0.1) is 0 Å². The fourth-order valence-electron chi connectivity index (χ4n) is 3.39. The molecule has 5 rings (SSSR count). The van der Waals surface area contributed by atoms with Gasteiger partial charge in [0, 0.05) is 16.7 Å². The number of ether oxygens (including phenoxy) is 1. The lowest BCUT2D eigenvalue weighted by Crippen LogP contribution is -2.11. The number of carbonyl (C=O) groups is 1. The zero-order valence-electron chi connectivity index (χ0n) is 17.9. The molecule has 34 heavy (non-hydrogen) atoms. The maximum absolute atomic E-state index is 13.1. The summed E-state index contributed by atoms with van der Waals surface area (Å²) in [7, 11) is 0. The minimum Gasteiger partial charge on any atom is -0.457 e. The number of nitrogens with zero attached hydrogens (tertiary/aromatic N) is 1. The number of anilines is 1. The molecule has 4 nitrogen and oxygen atoms in total. The third-order valence-corrected chi connectivity index (χ3v) is 6.11. The molecular formula is C28H19FN2O2S. The van der Waals surface area contributed by atoms with Gasteiger partial charge in [0.1, 0.15) is 33.0 Å². The Morgan fingerprint density at radius 3 is 1.97 bits per heavy atom. The fraction of sp³-hybridized carbons (Fsp3) is 0. The Bertz CT molecular complexity index is 1400. The number of aromatic nitrogens is 1. The molecule has 6 heteroatoms. The molecule has 0 radical (unpaired) electrons. The lowest BCUT2D eigenvalue weighted by molar-refractivity contribution is 0.102. The van der Waals surface area contributed by atoms with Gasteiger partial charge in [0.15, 0.2) is 0 Å². The summed E-state index contributed by atoms with van der Waals surface area (Å²) in [5.74, 6) is 0.695. The maximum atomic E-state index is 13.1. The minimum absolute atomic E-state index is 0.184. The molecule has 0 aliphatic rings. The van der Waals surface area contributed by atoms with Crippen molar-refractivity contribution in [2.45, 2.75) is 0 Å². The van der Waals surface area contributed by atoms with Gasteiger partial charge in [-0.25, -0.2) is 9.37 Å². The Morgan fingerprint density at radius 2 is 1.32 bits per heavy atom. The van der Waals surface area contributed by atoms with Crippen LogP contribution in [0, 0.1) is 5.82 Å². The second kappa shape index (κ2) is 9.68. The predicted octanol–water partition coefficient (Wildman–Crippen LogP) is 7.66. The second-order valence-electron chi connectivity index (χ2n) is 7.46. The highest BCUT2D eigenvalue weighted by atomic mass is 32.1. The molecule has 0 fully saturated rings. The first-order chi connectivity index (χ1) is 16.7. The van der Waals surface area contributed by atoms with Crippen LogP contribution in [0.4, 0.5) is 9.39 Å². The summed E-state index contributed by atoms with van der Waals surface area (Å²) in [6.45, 7) is 0. The van der Waals surface area contributed by atoms with Crippen LogP contribution in [0.2, 0.25) is 0 Å². The van der Waals surface area contributed by atoms with Gasteiger partial charge >= 0.3 is 0 Å². The molecule has 0 spiro atoms. The van der Waals surface area contributed by atoms with Crippen molar-refractivity contribution in [1.29, 1.82) is 0 Å². The zero-order chi connectivity index (χ0) is 23.3. The molecule has 4 aromatic carbocycles. The van der Waals surface area contributed by atoms with Crippen LogP contribution in [0.5, 0.6) is 11.5 Å². The van der Waals surface area contributed by atoms with Crippen molar-refractivity contribution < 1.29 is 13.9 Å². The number of rotatable bonds is 6. The number of nitrogens with one attached hydrogen (secondary N) is 1. The van der Waals surface area contributed by atoms with E-state index >= 15 is 0 Å². The zero-order valence-corrected chi connectivity index (χ0v) is 18.8. The maximum Gasteiger partial charge on any atom is 0.256 e. The quantitative estimate of drug-likeness (QED) is 0.279. The number of thiazole rings is 1. The average Bonchev–Trinajstić information content (AvgIpc) is 3.30. The molecule has 0 unspecified atom stereocenters. The molecule has 0 atom stereocenters. The Morgan fingerprint density at radius 1 is 0.735 bits per heavy atom. The largest absolute Gasteiger partial charge is 0.457 e. The number of amides is 1. The SMILES string of the molecule is O=C(Nc1sc(-c2ccc(Oc3ccc(F)cc3)cc2)nc1-c1ccccc1)c1ccccc1. The molecule has 0 bridgehead atoms. The van der Waals surface area contributed by atoms with Crippen molar-refractivity contribution in [3.05, 3.63) is 121 Å². The Kier molecular flexibility index (Phi) is 6.14. The first-order valence-electron chi connectivity index (χ1n) is 10.6. The van der Waals surface area contributed by atoms with E-state index in [9.17, 15) is 9.18 Å². The number of halogens is 1. The van der Waals surface area contributed by atoms with Crippen LogP contribution in [0.3, 0.4) is 0 Å². The molecular weight excluding hydrogens is 447 g/mol. The molecule has 0 aliphatic heterocycles. The monoisotopic (exact) mass is 466 g/mol. The van der Waals surface area contributed by atoms with Gasteiger partial charge in [0.05, 0.1) is 0 Å². The van der Waals surface area contributed by atoms with Gasteiger partial charge in [0.2, 0.25) is 0 Å². The van der Waals surface area contributed by atoms with Crippen LogP contribution in [0.25, 0.3) is 21.8 Å². The van der Waals surface area contributed by atoms with E-state index < -0.39 is 0 Å². The topological polar surface area (TPSA) is 51.2 Å². The molecule has 1 N–H and O–H groups in total. The van der Waals surface area contributed by atoms with Gasteiger partial charge in [-0.3, -0.25) is 4.79 Å². The van der Waals surface area contributed by atoms with Crippen LogP contribution in [0.15, 0.2) is 109 Å². The van der Waals surface area contributed by atoms with Crippen LogP contribution in [-0.2, 0) is 0 Å². The third-order valence-electron chi connectivity index (χ3n) is 5.09. The second-order valence-corrected chi connectivity index (χ2v) is 8.46. The number of hydrogen-bond donors (Lipinski definition) is 1. The summed E-state index contributed by atoms with van der Waals surface area (Å²) >= 11 is 1.42. The first kappa shape index (κ1) is 21.6. The number of carbonyl (C=O) groups excluding carboxylic acids is 1. The van der Waals surface area contributed by atoms with Gasteiger partial charge in [0.25, 0.3) is 5.91 Å². The Hall–Kier alpha value is -4.29. The highest BCUT2D eigenvalue weighted by Gasteiger charge is 2.17. The summed E-state index contributed by atoms with van der Waals surface area (Å²) in [6, 6.07) is 32.2. The van der Waals surface area contributed by atoms with E-state index in [1.54, 1.807) is 24.3 Å². The molecule has 0 saturated heterocycles. The summed E-state index contributed by atoms with van der Waals surface area (Å²) in [6.07, 6.45) is 0. The summed E-state index contributed by atoms with van der Waals surface area (Å²) in [4.78, 5) is 17.7. The van der Waals surface area contributed by atoms with Crippen LogP contribution < -0.4 is 10.1 Å². The molecule has 166 valence electrons. The highest BCUT2D eigenvalue weighted by molar-refractivity contribution is 7.19. The first-order valence-corrected chi connectivity index (χ1v) is 11.4. The summed E-state index contributed by atoms with van der Waals surface area (Å²) < 4.78 is 18.9. The predicted molar refractivity (Wildman–Crippen MR) is 134 cm³/mol. The Balaban J connectivity index is 1.43. The lowest BCUT2D eigenvalue weighted by atomic mass is 10.1. The normalized spacial score (nSPS) is 10.6. The Labute approximate surface area is 200 Å². The molecule has 0 aliphatic carbocycles. The average molecular weight is 467 g/mol. The third kappa shape index (κ3) is 4.87. The number of benzene rings is 4. The van der Waals surface area contributed by atoms with Crippen molar-refractivity contribution >= 4 is 22.2 Å². The summed E-state index contributed by atoms with van der Waals surface area (Å²) in [5.41, 5.74) is 3.12. The molecule has 1 heterocycles. The smallest absolute Gasteiger partial charge is 0.256 e. The van der Waals surface area contributed by atoms with Gasteiger partial charge < -0.3 is 10.1 Å². The van der Waals surface area contributed by atoms with Crippen molar-refractivity contribution in [1.82, 2.24) is 4.98 Å². The van der Waals surface area contributed by atoms with Crippen molar-refractivity contribution in [2.75, 3.05) is 5.32 Å². The molecule has 5 aromatic rings. The van der Waals surface area contributed by atoms with Crippen LogP contribution in [-0.4, -0.2) is 10.9 Å². The fourth-order valence-corrected chi connectivity index (χ4v) is 4.38. The molecule has 1 aromatic heterocycles. The van der Waals surface area contributed by atoms with E-state index in [1.807, 2.05) is 72.8 Å². The summed E-state index contributed by atoms with van der Waals surface area (Å²) in [5, 5.41) is 4.48. The van der Waals surface area contributed by atoms with Crippen molar-refractivity contribution in [2.24, 2.45) is 0 Å². The number of hydrogen-bond acceptors (Lipinski definition) is 4. The van der Waals surface area contributed by atoms with E-state index in [2.05, 4.69) is 5.32 Å². The van der Waals surface area contributed by atoms with Gasteiger partial charge in [-0.05, 0) is 60.7 Å². The highest BCUT2D eigenvalue weighted by Crippen LogP contribution is 2.38. The van der Waals surface area contributed by atoms with Gasteiger partial charge in [-0.2, -0.15) is 0 Å². The van der Waals surface area contributed by atoms with E-state index in [-0.39, 0.29) is 11.7 Å². The van der Waals surface area contributed by atoms with E-state index in [4.69, 9.17) is 9.72 Å². The van der Waals surface area contributed by atoms with Crippen LogP contribution >= 0.6 is 11.3 Å². The lowest BCUT2D eigenvalue weighted by Gasteiger charge is -2.06. The minimum atomic E-state index is -0.309. The van der Waals surface area contributed by atoms with E-state index in [1.165, 1.54) is 23.5 Å². The molecule has 0 saturated carbocycles. The van der Waals surface area contributed by atoms with Crippen LogP contribution in [0.1, 0.15) is 10.4 Å². The van der Waals surface area contributed by atoms with Crippen molar-refractivity contribution in [3.63, 3.8) is 0 Å². The van der Waals surface area contributed by atoms with Crippen molar-refractivity contribution in [3.8, 4) is 33.3 Å². The van der Waals surface area contributed by atoms with Gasteiger partial charge in [-0.1, -0.05) is 59.9 Å². The standard InChI is InChI=1S/C28H19FN2O2S/c29-22-13-17-24(18-14-22)33-23-15-11-21(12-16-23)27-30-25(19-7-3-1-4-8-19)28(34-27)31-26(32)20-9-5-2-6-10-20/h1-18H,(H,31,32).